The Morgan fingerprint density at radius 1 is 1.35 bits per heavy atom. The summed E-state index contributed by atoms with van der Waals surface area (Å²) in [6.07, 6.45) is 0.625. The van der Waals surface area contributed by atoms with Gasteiger partial charge in [-0.2, -0.15) is 0 Å². The van der Waals surface area contributed by atoms with E-state index < -0.39 is 12.1 Å². The first kappa shape index (κ1) is 15.6. The minimum Gasteiger partial charge on any atom is -0.345 e. The number of hydrogen-bond donors (Lipinski definition) is 2. The Labute approximate surface area is 102 Å². The maximum Gasteiger partial charge on any atom is 0.240 e. The average molecular weight is 243 g/mol. The molecule has 0 saturated carbocycles. The zero-order valence-corrected chi connectivity index (χ0v) is 10.8. The van der Waals surface area contributed by atoms with Crippen LogP contribution in [0.4, 0.5) is 0 Å². The molecule has 2 amide bonds. The molecule has 0 aromatic heterocycles. The van der Waals surface area contributed by atoms with Crippen LogP contribution < -0.4 is 11.1 Å². The topological polar surface area (TPSA) is 92.5 Å². The number of nitrogens with zero attached hydrogens (tertiary/aromatic N) is 1. The van der Waals surface area contributed by atoms with Crippen LogP contribution in [0.15, 0.2) is 0 Å². The van der Waals surface area contributed by atoms with Crippen molar-refractivity contribution in [3.05, 3.63) is 0 Å². The molecule has 0 aliphatic heterocycles. The molecule has 98 valence electrons. The van der Waals surface area contributed by atoms with Gasteiger partial charge >= 0.3 is 0 Å². The summed E-state index contributed by atoms with van der Waals surface area (Å²) in [7, 11) is 1.51. The zero-order valence-electron chi connectivity index (χ0n) is 10.8. The van der Waals surface area contributed by atoms with Crippen LogP contribution in [0, 0.1) is 5.92 Å². The van der Waals surface area contributed by atoms with Gasteiger partial charge in [-0.15, -0.1) is 0 Å². The standard InChI is InChI=1S/C11H21N3O3/c1-7(2)10(12)11(17)14(4)5-9(16)13-8(3)6-15/h6-8,10H,5,12H2,1-4H3,(H,13,16)/t8-,10-/m0/s1. The number of likely N-dealkylation sites (N-methyl/N-ethyl adjacent to an activating group) is 1. The van der Waals surface area contributed by atoms with Gasteiger partial charge in [0.05, 0.1) is 18.6 Å². The van der Waals surface area contributed by atoms with E-state index in [-0.39, 0.29) is 24.3 Å². The van der Waals surface area contributed by atoms with Gasteiger partial charge in [-0.05, 0) is 12.8 Å². The molecule has 6 nitrogen and oxygen atoms in total. The summed E-state index contributed by atoms with van der Waals surface area (Å²) in [5, 5.41) is 2.44. The van der Waals surface area contributed by atoms with Crippen LogP contribution in [0.2, 0.25) is 0 Å². The molecule has 2 atom stereocenters. The average Bonchev–Trinajstić information content (AvgIpc) is 2.26. The van der Waals surface area contributed by atoms with E-state index in [0.29, 0.717) is 6.29 Å². The number of hydrogen-bond acceptors (Lipinski definition) is 4. The smallest absolute Gasteiger partial charge is 0.240 e. The van der Waals surface area contributed by atoms with Crippen molar-refractivity contribution in [2.24, 2.45) is 11.7 Å². The Hall–Kier alpha value is -1.43. The van der Waals surface area contributed by atoms with E-state index in [1.54, 1.807) is 6.92 Å². The minimum atomic E-state index is -0.615. The predicted octanol–water partition coefficient (Wildman–Crippen LogP) is -0.868. The zero-order chi connectivity index (χ0) is 13.6. The highest BCUT2D eigenvalue weighted by Gasteiger charge is 2.22. The maximum atomic E-state index is 11.7. The van der Waals surface area contributed by atoms with Crippen LogP contribution >= 0.6 is 0 Å². The highest BCUT2D eigenvalue weighted by Crippen LogP contribution is 2.01. The molecule has 0 radical (unpaired) electrons. The number of carbonyl (C=O) groups is 3. The summed E-state index contributed by atoms with van der Waals surface area (Å²) >= 11 is 0. The molecule has 0 spiro atoms. The molecule has 0 fully saturated rings. The summed E-state index contributed by atoms with van der Waals surface area (Å²) in [5.74, 6) is -0.646. The lowest BCUT2D eigenvalue weighted by molar-refractivity contribution is -0.136. The van der Waals surface area contributed by atoms with Gasteiger partial charge in [0.1, 0.15) is 6.29 Å². The van der Waals surface area contributed by atoms with Crippen LogP contribution in [0.25, 0.3) is 0 Å². The third-order valence-electron chi connectivity index (χ3n) is 2.35. The summed E-state index contributed by atoms with van der Waals surface area (Å²) in [6, 6.07) is -1.17. The first-order chi connectivity index (χ1) is 7.79. The SMILES string of the molecule is CC(C)[C@H](N)C(=O)N(C)CC(=O)N[C@@H](C)C=O. The van der Waals surface area contributed by atoms with E-state index in [4.69, 9.17) is 5.73 Å². The third-order valence-corrected chi connectivity index (χ3v) is 2.35. The molecule has 0 rings (SSSR count). The molecule has 17 heavy (non-hydrogen) atoms. The largest absolute Gasteiger partial charge is 0.345 e. The molecule has 3 N–H and O–H groups in total. The quantitative estimate of drug-likeness (QED) is 0.593. The lowest BCUT2D eigenvalue weighted by Crippen LogP contribution is -2.49. The van der Waals surface area contributed by atoms with Crippen LogP contribution in [-0.2, 0) is 14.4 Å². The molecule has 6 heteroatoms. The van der Waals surface area contributed by atoms with Crippen LogP contribution in [0.5, 0.6) is 0 Å². The second-order valence-corrected chi connectivity index (χ2v) is 4.46. The van der Waals surface area contributed by atoms with E-state index in [1.807, 2.05) is 13.8 Å². The van der Waals surface area contributed by atoms with Gasteiger partial charge in [-0.1, -0.05) is 13.8 Å². The van der Waals surface area contributed by atoms with E-state index in [9.17, 15) is 14.4 Å². The Kier molecular flexibility index (Phi) is 6.42. The maximum absolute atomic E-state index is 11.7. The lowest BCUT2D eigenvalue weighted by Gasteiger charge is -2.23. The number of amides is 2. The molecular formula is C11H21N3O3. The first-order valence-corrected chi connectivity index (χ1v) is 5.54. The number of nitrogens with one attached hydrogen (secondary N) is 1. The van der Waals surface area contributed by atoms with E-state index in [2.05, 4.69) is 5.32 Å². The fraction of sp³-hybridized carbons (Fsp3) is 0.727. The van der Waals surface area contributed by atoms with Crippen LogP contribution in [0.1, 0.15) is 20.8 Å². The van der Waals surface area contributed by atoms with Crippen LogP contribution in [0.3, 0.4) is 0 Å². The van der Waals surface area contributed by atoms with Gasteiger partial charge in [0.2, 0.25) is 11.8 Å². The van der Waals surface area contributed by atoms with E-state index >= 15 is 0 Å². The van der Waals surface area contributed by atoms with Gasteiger partial charge in [0.25, 0.3) is 0 Å². The molecule has 0 aromatic rings. The molecule has 0 aliphatic rings. The summed E-state index contributed by atoms with van der Waals surface area (Å²) in [5.41, 5.74) is 5.68. The third kappa shape index (κ3) is 5.44. The highest BCUT2D eigenvalue weighted by molar-refractivity contribution is 5.88. The molecular weight excluding hydrogens is 222 g/mol. The van der Waals surface area contributed by atoms with E-state index in [1.165, 1.54) is 11.9 Å². The highest BCUT2D eigenvalue weighted by atomic mass is 16.2. The summed E-state index contributed by atoms with van der Waals surface area (Å²) in [6.45, 7) is 5.14. The number of nitrogens with two attached hydrogens (primary N) is 1. The normalized spacial score (nSPS) is 14.0. The molecule has 0 saturated heterocycles. The second-order valence-electron chi connectivity index (χ2n) is 4.46. The van der Waals surface area contributed by atoms with Gasteiger partial charge in [-0.3, -0.25) is 9.59 Å². The van der Waals surface area contributed by atoms with Crippen molar-refractivity contribution < 1.29 is 14.4 Å². The predicted molar refractivity (Wildman–Crippen MR) is 64.1 cm³/mol. The fourth-order valence-electron chi connectivity index (χ4n) is 1.17. The molecule has 0 unspecified atom stereocenters. The monoisotopic (exact) mass is 243 g/mol. The van der Waals surface area contributed by atoms with Crippen molar-refractivity contribution in [1.82, 2.24) is 10.2 Å². The Balaban J connectivity index is 4.25. The molecule has 0 heterocycles. The number of rotatable bonds is 6. The molecule has 0 bridgehead atoms. The summed E-state index contributed by atoms with van der Waals surface area (Å²) < 4.78 is 0. The molecule has 0 aromatic carbocycles. The molecule has 0 aliphatic carbocycles. The number of aldehydes is 1. The van der Waals surface area contributed by atoms with Crippen molar-refractivity contribution in [3.63, 3.8) is 0 Å². The van der Waals surface area contributed by atoms with Gasteiger partial charge in [-0.25, -0.2) is 0 Å². The lowest BCUT2D eigenvalue weighted by atomic mass is 10.0. The minimum absolute atomic E-state index is 0.0157. The second kappa shape index (κ2) is 7.01. The fourth-order valence-corrected chi connectivity index (χ4v) is 1.17. The Morgan fingerprint density at radius 3 is 2.29 bits per heavy atom. The van der Waals surface area contributed by atoms with Crippen molar-refractivity contribution in [2.75, 3.05) is 13.6 Å². The van der Waals surface area contributed by atoms with Crippen molar-refractivity contribution in [1.29, 1.82) is 0 Å². The Bertz CT molecular complexity index is 292. The summed E-state index contributed by atoms with van der Waals surface area (Å²) in [4.78, 5) is 34.7. The van der Waals surface area contributed by atoms with Gasteiger partial charge in [0.15, 0.2) is 0 Å². The van der Waals surface area contributed by atoms with E-state index in [0.717, 1.165) is 0 Å². The van der Waals surface area contributed by atoms with Crippen LogP contribution in [-0.4, -0.2) is 48.7 Å². The van der Waals surface area contributed by atoms with Crippen molar-refractivity contribution in [2.45, 2.75) is 32.9 Å². The van der Waals surface area contributed by atoms with Gasteiger partial charge < -0.3 is 20.7 Å². The van der Waals surface area contributed by atoms with Crippen molar-refractivity contribution in [3.8, 4) is 0 Å². The Morgan fingerprint density at radius 2 is 1.88 bits per heavy atom. The van der Waals surface area contributed by atoms with Crippen molar-refractivity contribution >= 4 is 18.1 Å². The first-order valence-electron chi connectivity index (χ1n) is 5.54. The van der Waals surface area contributed by atoms with Gasteiger partial charge in [0, 0.05) is 7.05 Å². The number of carbonyl (C=O) groups excluding carboxylic acids is 3.